The van der Waals surface area contributed by atoms with Crippen LogP contribution in [0.25, 0.3) is 0 Å². The van der Waals surface area contributed by atoms with E-state index in [9.17, 15) is 15.2 Å². The van der Waals surface area contributed by atoms with Gasteiger partial charge in [-0.15, -0.1) is 0 Å². The molecule has 7 nitrogen and oxygen atoms in total. The highest BCUT2D eigenvalue weighted by Gasteiger charge is 2.33. The summed E-state index contributed by atoms with van der Waals surface area (Å²) in [6.07, 6.45) is 0.783. The lowest BCUT2D eigenvalue weighted by molar-refractivity contribution is -0.384. The molecule has 1 aliphatic heterocycles. The van der Waals surface area contributed by atoms with Crippen molar-refractivity contribution in [1.82, 2.24) is 0 Å². The Kier molecular flexibility index (Phi) is 4.17. The summed E-state index contributed by atoms with van der Waals surface area (Å²) in [5, 5.41) is 29.3. The fraction of sp³-hybridized carbons (Fsp3) is 0.462. The second-order valence-corrected chi connectivity index (χ2v) is 4.90. The first-order chi connectivity index (χ1) is 9.56. The first-order valence-electron chi connectivity index (χ1n) is 6.34. The van der Waals surface area contributed by atoms with Crippen LogP contribution in [0.5, 0.6) is 0 Å². The standard InChI is InChI=1S/C13H16N4O3/c14-4-3-9-1-2-12(17(19)20)13(5-9)16-7-10(15)6-11(16)8-18/h1-2,5,10-11,18H,3,6-8,15H2. The maximum absolute atomic E-state index is 11.1. The van der Waals surface area contributed by atoms with Gasteiger partial charge in [-0.2, -0.15) is 5.26 Å². The minimum atomic E-state index is -0.455. The number of benzene rings is 1. The summed E-state index contributed by atoms with van der Waals surface area (Å²) < 4.78 is 0. The third kappa shape index (κ3) is 2.71. The first kappa shape index (κ1) is 14.2. The Balaban J connectivity index is 2.44. The van der Waals surface area contributed by atoms with Gasteiger partial charge in [0.1, 0.15) is 5.69 Å². The number of nitrogens with zero attached hydrogens (tertiary/aromatic N) is 3. The van der Waals surface area contributed by atoms with Crippen LogP contribution in [-0.2, 0) is 6.42 Å². The minimum Gasteiger partial charge on any atom is -0.394 e. The highest BCUT2D eigenvalue weighted by Crippen LogP contribution is 2.34. The summed E-state index contributed by atoms with van der Waals surface area (Å²) in [7, 11) is 0. The van der Waals surface area contributed by atoms with Gasteiger partial charge in [0.15, 0.2) is 0 Å². The largest absolute Gasteiger partial charge is 0.394 e. The van der Waals surface area contributed by atoms with E-state index in [1.165, 1.54) is 6.07 Å². The van der Waals surface area contributed by atoms with Crippen molar-refractivity contribution in [2.24, 2.45) is 5.73 Å². The molecule has 0 amide bonds. The molecule has 1 fully saturated rings. The molecule has 1 aliphatic rings. The van der Waals surface area contributed by atoms with Gasteiger partial charge in [-0.25, -0.2) is 0 Å². The highest BCUT2D eigenvalue weighted by molar-refractivity contribution is 5.66. The first-order valence-corrected chi connectivity index (χ1v) is 6.34. The molecule has 2 rings (SSSR count). The van der Waals surface area contributed by atoms with E-state index in [-0.39, 0.29) is 30.8 Å². The third-order valence-electron chi connectivity index (χ3n) is 3.49. The SMILES string of the molecule is N#CCc1ccc([N+](=O)[O-])c(N2CC(N)CC2CO)c1. The van der Waals surface area contributed by atoms with E-state index in [1.807, 2.05) is 6.07 Å². The molecule has 0 radical (unpaired) electrons. The van der Waals surface area contributed by atoms with Gasteiger partial charge in [-0.3, -0.25) is 10.1 Å². The molecule has 0 spiro atoms. The maximum Gasteiger partial charge on any atom is 0.292 e. The van der Waals surface area contributed by atoms with Gasteiger partial charge in [0.2, 0.25) is 0 Å². The summed E-state index contributed by atoms with van der Waals surface area (Å²) in [6, 6.07) is 6.30. The van der Waals surface area contributed by atoms with Crippen LogP contribution in [0.1, 0.15) is 12.0 Å². The van der Waals surface area contributed by atoms with E-state index in [1.54, 1.807) is 17.0 Å². The Morgan fingerprint density at radius 1 is 1.60 bits per heavy atom. The van der Waals surface area contributed by atoms with E-state index >= 15 is 0 Å². The molecule has 0 saturated carbocycles. The van der Waals surface area contributed by atoms with Gasteiger partial charge in [-0.1, -0.05) is 6.07 Å². The van der Waals surface area contributed by atoms with Gasteiger partial charge in [0.05, 0.1) is 30.1 Å². The molecule has 2 unspecified atom stereocenters. The quantitative estimate of drug-likeness (QED) is 0.613. The molecule has 0 bridgehead atoms. The number of aliphatic hydroxyl groups excluding tert-OH is 1. The lowest BCUT2D eigenvalue weighted by Gasteiger charge is -2.25. The average Bonchev–Trinajstić information content (AvgIpc) is 2.80. The number of nitro benzene ring substituents is 1. The van der Waals surface area contributed by atoms with E-state index in [0.717, 1.165) is 0 Å². The lowest BCUT2D eigenvalue weighted by Crippen LogP contribution is -2.33. The zero-order valence-corrected chi connectivity index (χ0v) is 10.9. The maximum atomic E-state index is 11.1. The number of hydrogen-bond acceptors (Lipinski definition) is 6. The fourth-order valence-corrected chi connectivity index (χ4v) is 2.58. The molecule has 7 heteroatoms. The summed E-state index contributed by atoms with van der Waals surface area (Å²) in [5.74, 6) is 0. The summed E-state index contributed by atoms with van der Waals surface area (Å²) >= 11 is 0. The third-order valence-corrected chi connectivity index (χ3v) is 3.49. The van der Waals surface area contributed by atoms with Crippen LogP contribution < -0.4 is 10.6 Å². The predicted molar refractivity (Wildman–Crippen MR) is 73.2 cm³/mol. The molecular weight excluding hydrogens is 260 g/mol. The van der Waals surface area contributed by atoms with Crippen molar-refractivity contribution in [3.8, 4) is 6.07 Å². The highest BCUT2D eigenvalue weighted by atomic mass is 16.6. The molecule has 1 saturated heterocycles. The van der Waals surface area contributed by atoms with Crippen molar-refractivity contribution < 1.29 is 10.0 Å². The number of anilines is 1. The molecule has 3 N–H and O–H groups in total. The van der Waals surface area contributed by atoms with Crippen LogP contribution in [-0.4, -0.2) is 35.3 Å². The van der Waals surface area contributed by atoms with Crippen molar-refractivity contribution in [3.05, 3.63) is 33.9 Å². The molecular formula is C13H16N4O3. The minimum absolute atomic E-state index is 0.0285. The van der Waals surface area contributed by atoms with Crippen molar-refractivity contribution in [2.75, 3.05) is 18.1 Å². The Morgan fingerprint density at radius 2 is 2.35 bits per heavy atom. The molecule has 1 aromatic rings. The van der Waals surface area contributed by atoms with Gasteiger partial charge in [-0.05, 0) is 18.1 Å². The van der Waals surface area contributed by atoms with Crippen LogP contribution in [0.2, 0.25) is 0 Å². The normalized spacial score (nSPS) is 21.8. The van der Waals surface area contributed by atoms with Crippen LogP contribution in [0.15, 0.2) is 18.2 Å². The average molecular weight is 276 g/mol. The van der Waals surface area contributed by atoms with Crippen molar-refractivity contribution in [2.45, 2.75) is 24.9 Å². The van der Waals surface area contributed by atoms with Crippen molar-refractivity contribution >= 4 is 11.4 Å². The Morgan fingerprint density at radius 3 is 2.95 bits per heavy atom. The second-order valence-electron chi connectivity index (χ2n) is 4.90. The number of nitrogens with two attached hydrogens (primary N) is 1. The zero-order valence-electron chi connectivity index (χ0n) is 10.9. The molecule has 2 atom stereocenters. The Bertz CT molecular complexity index is 555. The van der Waals surface area contributed by atoms with Gasteiger partial charge in [0.25, 0.3) is 5.69 Å². The summed E-state index contributed by atoms with van der Waals surface area (Å²) in [4.78, 5) is 12.5. The Labute approximate surface area is 116 Å². The number of nitro groups is 1. The van der Waals surface area contributed by atoms with Crippen molar-refractivity contribution in [1.29, 1.82) is 5.26 Å². The van der Waals surface area contributed by atoms with Crippen LogP contribution in [0.4, 0.5) is 11.4 Å². The van der Waals surface area contributed by atoms with Crippen LogP contribution in [0, 0.1) is 21.4 Å². The monoisotopic (exact) mass is 276 g/mol. The molecule has 1 aromatic carbocycles. The summed E-state index contributed by atoms with van der Waals surface area (Å²) in [5.41, 5.74) is 6.99. The van der Waals surface area contributed by atoms with Gasteiger partial charge < -0.3 is 15.7 Å². The lowest BCUT2D eigenvalue weighted by atomic mass is 10.1. The fourth-order valence-electron chi connectivity index (χ4n) is 2.58. The summed E-state index contributed by atoms with van der Waals surface area (Å²) in [6.45, 7) is 0.357. The predicted octanol–water partition coefficient (Wildman–Crippen LogP) is 0.559. The topological polar surface area (TPSA) is 116 Å². The van der Waals surface area contributed by atoms with E-state index in [4.69, 9.17) is 11.0 Å². The smallest absolute Gasteiger partial charge is 0.292 e. The number of nitriles is 1. The number of hydrogen-bond donors (Lipinski definition) is 2. The number of aliphatic hydroxyl groups is 1. The van der Waals surface area contributed by atoms with E-state index < -0.39 is 4.92 Å². The van der Waals surface area contributed by atoms with Gasteiger partial charge in [0, 0.05) is 18.7 Å². The van der Waals surface area contributed by atoms with Crippen LogP contribution >= 0.6 is 0 Å². The second kappa shape index (κ2) is 5.86. The van der Waals surface area contributed by atoms with Crippen molar-refractivity contribution in [3.63, 3.8) is 0 Å². The molecule has 20 heavy (non-hydrogen) atoms. The molecule has 0 aromatic heterocycles. The molecule has 0 aliphatic carbocycles. The molecule has 106 valence electrons. The van der Waals surface area contributed by atoms with E-state index in [2.05, 4.69) is 0 Å². The van der Waals surface area contributed by atoms with E-state index in [0.29, 0.717) is 24.2 Å². The Hall–Kier alpha value is -2.17. The zero-order chi connectivity index (χ0) is 14.7. The number of rotatable bonds is 4. The van der Waals surface area contributed by atoms with Gasteiger partial charge >= 0.3 is 0 Å². The molecule has 1 heterocycles. The van der Waals surface area contributed by atoms with Crippen LogP contribution in [0.3, 0.4) is 0 Å².